The quantitative estimate of drug-likeness (QED) is 0.715. The van der Waals surface area contributed by atoms with Crippen molar-refractivity contribution in [2.24, 2.45) is 5.92 Å². The number of ether oxygens (including phenoxy) is 1. The largest absolute Gasteiger partial charge is 0.362 e. The summed E-state index contributed by atoms with van der Waals surface area (Å²) in [6.45, 7) is 16.1. The van der Waals surface area contributed by atoms with Crippen molar-refractivity contribution < 1.29 is 4.74 Å². The lowest BCUT2D eigenvalue weighted by molar-refractivity contribution is -0.0118. The highest BCUT2D eigenvalue weighted by Gasteiger charge is 2.20. The number of piperidine rings is 1. The average Bonchev–Trinajstić information content (AvgIpc) is 2.41. The van der Waals surface area contributed by atoms with Crippen LogP contribution in [0.3, 0.4) is 0 Å². The molecule has 0 bridgehead atoms. The molecule has 1 rings (SSSR count). The zero-order chi connectivity index (χ0) is 14.7. The molecule has 0 aliphatic carbocycles. The van der Waals surface area contributed by atoms with Crippen LogP contribution in [0, 0.1) is 17.8 Å². The van der Waals surface area contributed by atoms with Gasteiger partial charge in [-0.3, -0.25) is 0 Å². The summed E-state index contributed by atoms with van der Waals surface area (Å²) in [5, 5.41) is 0. The third-order valence-electron chi connectivity index (χ3n) is 3.05. The van der Waals surface area contributed by atoms with Gasteiger partial charge in [0.2, 0.25) is 0 Å². The summed E-state index contributed by atoms with van der Waals surface area (Å²) in [6, 6.07) is 0. The second-order valence-corrected chi connectivity index (χ2v) is 5.26. The summed E-state index contributed by atoms with van der Waals surface area (Å²) in [5.41, 5.74) is 0. The van der Waals surface area contributed by atoms with Crippen molar-refractivity contribution in [1.82, 2.24) is 4.90 Å². The Morgan fingerprint density at radius 2 is 1.68 bits per heavy atom. The van der Waals surface area contributed by atoms with Gasteiger partial charge in [-0.1, -0.05) is 46.5 Å². The van der Waals surface area contributed by atoms with Crippen LogP contribution < -0.4 is 0 Å². The fourth-order valence-corrected chi connectivity index (χ4v) is 2.19. The van der Waals surface area contributed by atoms with Gasteiger partial charge in [0, 0.05) is 19.0 Å². The van der Waals surface area contributed by atoms with E-state index in [1.807, 2.05) is 13.8 Å². The smallest absolute Gasteiger partial charge is 0.115 e. The van der Waals surface area contributed by atoms with Gasteiger partial charge in [0.05, 0.1) is 6.10 Å². The molecule has 112 valence electrons. The van der Waals surface area contributed by atoms with Crippen LogP contribution in [-0.4, -0.2) is 36.7 Å². The van der Waals surface area contributed by atoms with E-state index in [9.17, 15) is 0 Å². The third-order valence-corrected chi connectivity index (χ3v) is 3.05. The second kappa shape index (κ2) is 11.3. The van der Waals surface area contributed by atoms with Gasteiger partial charge in [0.25, 0.3) is 0 Å². The highest BCUT2D eigenvalue weighted by molar-refractivity contribution is 5.05. The molecule has 1 aliphatic rings. The first-order valence-electron chi connectivity index (χ1n) is 8.00. The number of hydrogen-bond donors (Lipinski definition) is 0. The number of likely N-dealkylation sites (tertiary alicyclic amines) is 1. The summed E-state index contributed by atoms with van der Waals surface area (Å²) in [4.78, 5) is 2.53. The van der Waals surface area contributed by atoms with Gasteiger partial charge in [-0.15, -0.1) is 0 Å². The molecule has 0 amide bonds. The van der Waals surface area contributed by atoms with Gasteiger partial charge >= 0.3 is 0 Å². The lowest BCUT2D eigenvalue weighted by Gasteiger charge is -2.32. The average molecular weight is 267 g/mol. The monoisotopic (exact) mass is 267 g/mol. The summed E-state index contributed by atoms with van der Waals surface area (Å²) < 4.78 is 5.97. The maximum atomic E-state index is 5.97. The van der Waals surface area contributed by atoms with E-state index in [1.54, 1.807) is 0 Å². The maximum Gasteiger partial charge on any atom is 0.115 e. The van der Waals surface area contributed by atoms with Crippen molar-refractivity contribution in [2.75, 3.05) is 19.6 Å². The lowest BCUT2D eigenvalue weighted by atomic mass is 10.1. The SMILES string of the molecule is CC.CCCN1CCC(O[C@H](C)C#CC(C)C)CC1. The van der Waals surface area contributed by atoms with Crippen LogP contribution in [0.2, 0.25) is 0 Å². The molecule has 1 fully saturated rings. The van der Waals surface area contributed by atoms with Crippen molar-refractivity contribution in [3.05, 3.63) is 0 Å². The molecule has 0 aromatic rings. The van der Waals surface area contributed by atoms with E-state index < -0.39 is 0 Å². The molecule has 2 nitrogen and oxygen atoms in total. The number of hydrogen-bond acceptors (Lipinski definition) is 2. The van der Waals surface area contributed by atoms with E-state index in [0.29, 0.717) is 12.0 Å². The molecular formula is C17H33NO. The lowest BCUT2D eigenvalue weighted by Crippen LogP contribution is -2.38. The van der Waals surface area contributed by atoms with Gasteiger partial charge in [0.15, 0.2) is 0 Å². The normalized spacial score (nSPS) is 18.3. The zero-order valence-corrected chi connectivity index (χ0v) is 13.8. The van der Waals surface area contributed by atoms with Crippen molar-refractivity contribution in [3.63, 3.8) is 0 Å². The van der Waals surface area contributed by atoms with Crippen LogP contribution in [0.15, 0.2) is 0 Å². The Labute approximate surface area is 120 Å². The van der Waals surface area contributed by atoms with Gasteiger partial charge in [-0.25, -0.2) is 0 Å². The Hall–Kier alpha value is -0.520. The Kier molecular flexibility index (Phi) is 11.0. The van der Waals surface area contributed by atoms with Gasteiger partial charge in [0.1, 0.15) is 6.10 Å². The van der Waals surface area contributed by atoms with Gasteiger partial charge in [-0.05, 0) is 32.7 Å². The molecule has 1 atom stereocenters. The third kappa shape index (κ3) is 9.08. The standard InChI is InChI=1S/C15H27NO.C2H6/c1-5-10-16-11-8-15(9-12-16)17-14(4)7-6-13(2)3;1-2/h13-15H,5,8-12H2,1-4H3;1-2H3/t14-;/m1./s1. The molecule has 1 saturated heterocycles. The van der Waals surface area contributed by atoms with Gasteiger partial charge in [-0.2, -0.15) is 0 Å². The fourth-order valence-electron chi connectivity index (χ4n) is 2.19. The molecular weight excluding hydrogens is 234 g/mol. The van der Waals surface area contributed by atoms with E-state index in [4.69, 9.17) is 4.74 Å². The minimum absolute atomic E-state index is 0.0834. The van der Waals surface area contributed by atoms with E-state index >= 15 is 0 Å². The van der Waals surface area contributed by atoms with E-state index in [0.717, 1.165) is 12.8 Å². The van der Waals surface area contributed by atoms with Crippen LogP contribution in [0.25, 0.3) is 0 Å². The molecule has 0 unspecified atom stereocenters. The zero-order valence-electron chi connectivity index (χ0n) is 13.8. The molecule has 2 heteroatoms. The minimum atomic E-state index is 0.0834. The molecule has 0 aromatic heterocycles. The summed E-state index contributed by atoms with van der Waals surface area (Å²) in [5.74, 6) is 6.80. The fraction of sp³-hybridized carbons (Fsp3) is 0.882. The summed E-state index contributed by atoms with van der Waals surface area (Å²) >= 11 is 0. The number of nitrogens with zero attached hydrogens (tertiary/aromatic N) is 1. The highest BCUT2D eigenvalue weighted by Crippen LogP contribution is 2.15. The Balaban J connectivity index is 0.00000154. The summed E-state index contributed by atoms with van der Waals surface area (Å²) in [7, 11) is 0. The topological polar surface area (TPSA) is 12.5 Å². The predicted octanol–water partition coefficient (Wildman–Crippen LogP) is 3.95. The van der Waals surface area contributed by atoms with Crippen molar-refractivity contribution in [2.45, 2.75) is 73.0 Å². The van der Waals surface area contributed by atoms with Crippen LogP contribution in [0.4, 0.5) is 0 Å². The van der Waals surface area contributed by atoms with Crippen molar-refractivity contribution in [1.29, 1.82) is 0 Å². The van der Waals surface area contributed by atoms with Crippen LogP contribution in [-0.2, 0) is 4.74 Å². The Morgan fingerprint density at radius 1 is 1.11 bits per heavy atom. The first kappa shape index (κ1) is 18.5. The molecule has 1 aliphatic heterocycles. The van der Waals surface area contributed by atoms with Crippen LogP contribution >= 0.6 is 0 Å². The first-order valence-corrected chi connectivity index (χ1v) is 8.00. The number of rotatable bonds is 4. The van der Waals surface area contributed by atoms with Gasteiger partial charge < -0.3 is 9.64 Å². The Morgan fingerprint density at radius 3 is 2.16 bits per heavy atom. The molecule has 0 N–H and O–H groups in total. The second-order valence-electron chi connectivity index (χ2n) is 5.26. The molecule has 0 aromatic carbocycles. The molecule has 0 saturated carbocycles. The van der Waals surface area contributed by atoms with Crippen molar-refractivity contribution >= 4 is 0 Å². The molecule has 19 heavy (non-hydrogen) atoms. The van der Waals surface area contributed by atoms with E-state index in [1.165, 1.54) is 26.1 Å². The van der Waals surface area contributed by atoms with E-state index in [-0.39, 0.29) is 6.10 Å². The first-order chi connectivity index (χ1) is 9.11. The van der Waals surface area contributed by atoms with Crippen LogP contribution in [0.1, 0.15) is 60.8 Å². The molecule has 0 spiro atoms. The van der Waals surface area contributed by atoms with Crippen LogP contribution in [0.5, 0.6) is 0 Å². The Bertz CT molecular complexity index is 256. The predicted molar refractivity (Wildman–Crippen MR) is 84.3 cm³/mol. The highest BCUT2D eigenvalue weighted by atomic mass is 16.5. The maximum absolute atomic E-state index is 5.97. The molecule has 1 heterocycles. The van der Waals surface area contributed by atoms with E-state index in [2.05, 4.69) is 44.4 Å². The molecule has 0 radical (unpaired) electrons. The summed E-state index contributed by atoms with van der Waals surface area (Å²) in [6.07, 6.45) is 4.07. The minimum Gasteiger partial charge on any atom is -0.362 e. The van der Waals surface area contributed by atoms with Crippen molar-refractivity contribution in [3.8, 4) is 11.8 Å².